The van der Waals surface area contributed by atoms with Crippen LogP contribution in [0.2, 0.25) is 0 Å². The largest absolute Gasteiger partial charge is 0.340 e. The number of nitrogens with zero attached hydrogens (tertiary/aromatic N) is 2. The van der Waals surface area contributed by atoms with Gasteiger partial charge in [0.15, 0.2) is 0 Å². The molecule has 0 bridgehead atoms. The van der Waals surface area contributed by atoms with E-state index >= 15 is 0 Å². The smallest absolute Gasteiger partial charge is 0.229 e. The minimum absolute atomic E-state index is 0.603. The van der Waals surface area contributed by atoms with E-state index < -0.39 is 0 Å². The second-order valence-electron chi connectivity index (χ2n) is 6.49. The summed E-state index contributed by atoms with van der Waals surface area (Å²) in [7, 11) is 0. The van der Waals surface area contributed by atoms with Gasteiger partial charge in [-0.05, 0) is 57.9 Å². The van der Waals surface area contributed by atoms with Crippen molar-refractivity contribution in [2.24, 2.45) is 0 Å². The zero-order valence-corrected chi connectivity index (χ0v) is 15.4. The van der Waals surface area contributed by atoms with Gasteiger partial charge in [0.25, 0.3) is 0 Å². The Bertz CT molecular complexity index is 916. The number of nitrogens with one attached hydrogen (secondary N) is 2. The fraction of sp³-hybridized carbons (Fsp3) is 0.238. The fourth-order valence-electron chi connectivity index (χ4n) is 2.72. The Kier molecular flexibility index (Phi) is 4.70. The Balaban J connectivity index is 1.94. The molecule has 0 aliphatic heterocycles. The topological polar surface area (TPSA) is 49.8 Å². The molecule has 3 rings (SSSR count). The molecule has 25 heavy (non-hydrogen) atoms. The van der Waals surface area contributed by atoms with Crippen LogP contribution in [-0.4, -0.2) is 9.97 Å². The third-order valence-corrected chi connectivity index (χ3v) is 4.42. The third-order valence-electron chi connectivity index (χ3n) is 4.42. The number of hydrogen-bond acceptors (Lipinski definition) is 4. The highest BCUT2D eigenvalue weighted by Crippen LogP contribution is 2.26. The summed E-state index contributed by atoms with van der Waals surface area (Å²) >= 11 is 0. The predicted molar refractivity (Wildman–Crippen MR) is 105 cm³/mol. The van der Waals surface area contributed by atoms with Crippen molar-refractivity contribution in [1.82, 2.24) is 9.97 Å². The second-order valence-corrected chi connectivity index (χ2v) is 6.49. The van der Waals surface area contributed by atoms with E-state index in [2.05, 4.69) is 66.7 Å². The van der Waals surface area contributed by atoms with Crippen LogP contribution in [0.1, 0.15) is 27.9 Å². The van der Waals surface area contributed by atoms with Crippen molar-refractivity contribution in [3.63, 3.8) is 0 Å². The molecular weight excluding hydrogens is 308 g/mol. The quantitative estimate of drug-likeness (QED) is 0.662. The molecule has 0 saturated carbocycles. The maximum atomic E-state index is 4.70. The van der Waals surface area contributed by atoms with E-state index in [0.29, 0.717) is 5.95 Å². The Morgan fingerprint density at radius 1 is 0.720 bits per heavy atom. The molecule has 1 heterocycles. The first-order valence-electron chi connectivity index (χ1n) is 8.46. The van der Waals surface area contributed by atoms with Crippen molar-refractivity contribution in [3.8, 4) is 0 Å². The third kappa shape index (κ3) is 3.79. The minimum Gasteiger partial charge on any atom is -0.340 e. The van der Waals surface area contributed by atoms with Crippen LogP contribution in [0.15, 0.2) is 42.5 Å². The number of benzene rings is 2. The zero-order chi connectivity index (χ0) is 18.0. The summed E-state index contributed by atoms with van der Waals surface area (Å²) < 4.78 is 0. The number of hydrogen-bond donors (Lipinski definition) is 2. The molecule has 2 N–H and O–H groups in total. The summed E-state index contributed by atoms with van der Waals surface area (Å²) in [4.78, 5) is 9.29. The Labute approximate surface area is 149 Å². The molecule has 0 aliphatic rings. The van der Waals surface area contributed by atoms with E-state index in [1.165, 1.54) is 16.7 Å². The van der Waals surface area contributed by atoms with Crippen LogP contribution in [-0.2, 0) is 0 Å². The molecule has 0 radical (unpaired) electrons. The van der Waals surface area contributed by atoms with Gasteiger partial charge in [-0.1, -0.05) is 35.9 Å². The summed E-state index contributed by atoms with van der Waals surface area (Å²) in [5.41, 5.74) is 7.69. The van der Waals surface area contributed by atoms with Gasteiger partial charge in [-0.2, -0.15) is 4.98 Å². The molecule has 2 aromatic carbocycles. The maximum Gasteiger partial charge on any atom is 0.229 e. The highest BCUT2D eigenvalue weighted by molar-refractivity contribution is 5.66. The average Bonchev–Trinajstić information content (AvgIpc) is 2.57. The monoisotopic (exact) mass is 332 g/mol. The fourth-order valence-corrected chi connectivity index (χ4v) is 2.72. The van der Waals surface area contributed by atoms with Crippen molar-refractivity contribution in [2.45, 2.75) is 34.6 Å². The minimum atomic E-state index is 0.603. The van der Waals surface area contributed by atoms with Crippen LogP contribution in [0, 0.1) is 34.6 Å². The van der Waals surface area contributed by atoms with Crippen LogP contribution >= 0.6 is 0 Å². The lowest BCUT2D eigenvalue weighted by Crippen LogP contribution is -2.06. The van der Waals surface area contributed by atoms with Gasteiger partial charge >= 0.3 is 0 Å². The van der Waals surface area contributed by atoms with Gasteiger partial charge in [-0.25, -0.2) is 4.98 Å². The van der Waals surface area contributed by atoms with Crippen molar-refractivity contribution in [1.29, 1.82) is 0 Å². The first kappa shape index (κ1) is 17.0. The van der Waals surface area contributed by atoms with Gasteiger partial charge in [-0.15, -0.1) is 0 Å². The van der Waals surface area contributed by atoms with E-state index in [1.807, 2.05) is 26.0 Å². The maximum absolute atomic E-state index is 4.70. The van der Waals surface area contributed by atoms with Crippen LogP contribution < -0.4 is 10.6 Å². The summed E-state index contributed by atoms with van der Waals surface area (Å²) in [6.07, 6.45) is 0. The molecule has 3 aromatic rings. The van der Waals surface area contributed by atoms with Gasteiger partial charge < -0.3 is 10.6 Å². The number of para-hydroxylation sites is 1. The Morgan fingerprint density at radius 2 is 1.44 bits per heavy atom. The van der Waals surface area contributed by atoms with Crippen LogP contribution in [0.3, 0.4) is 0 Å². The standard InChI is InChI=1S/C21H24N4/c1-13-10-11-19(15(3)12-13)24-21-22-17(5)16(4)20(25-21)23-18-9-7-6-8-14(18)2/h6-12H,1-5H3,(H2,22,23,24,25). The molecule has 0 unspecified atom stereocenters. The molecule has 128 valence electrons. The number of aromatic nitrogens is 2. The van der Waals surface area contributed by atoms with Crippen LogP contribution in [0.5, 0.6) is 0 Å². The van der Waals surface area contributed by atoms with E-state index in [4.69, 9.17) is 4.98 Å². The molecule has 0 spiro atoms. The van der Waals surface area contributed by atoms with Gasteiger partial charge in [0, 0.05) is 22.6 Å². The molecule has 0 saturated heterocycles. The van der Waals surface area contributed by atoms with Gasteiger partial charge in [-0.3, -0.25) is 0 Å². The molecule has 0 atom stereocenters. The number of rotatable bonds is 4. The van der Waals surface area contributed by atoms with E-state index in [-0.39, 0.29) is 0 Å². The summed E-state index contributed by atoms with van der Waals surface area (Å²) in [5.74, 6) is 1.43. The molecule has 4 nitrogen and oxygen atoms in total. The first-order valence-corrected chi connectivity index (χ1v) is 8.46. The van der Waals surface area contributed by atoms with Gasteiger partial charge in [0.1, 0.15) is 5.82 Å². The predicted octanol–water partition coefficient (Wildman–Crippen LogP) is 5.51. The van der Waals surface area contributed by atoms with Crippen LogP contribution in [0.4, 0.5) is 23.1 Å². The Morgan fingerprint density at radius 3 is 2.16 bits per heavy atom. The van der Waals surface area contributed by atoms with Gasteiger partial charge in [0.2, 0.25) is 5.95 Å². The van der Waals surface area contributed by atoms with Crippen molar-refractivity contribution in [3.05, 3.63) is 70.4 Å². The van der Waals surface area contributed by atoms with Crippen molar-refractivity contribution >= 4 is 23.1 Å². The zero-order valence-electron chi connectivity index (χ0n) is 15.4. The van der Waals surface area contributed by atoms with E-state index in [0.717, 1.165) is 28.5 Å². The highest BCUT2D eigenvalue weighted by Gasteiger charge is 2.10. The lowest BCUT2D eigenvalue weighted by molar-refractivity contribution is 1.07. The normalized spacial score (nSPS) is 10.6. The molecule has 0 aliphatic carbocycles. The number of aryl methyl sites for hydroxylation is 4. The number of anilines is 4. The summed E-state index contributed by atoms with van der Waals surface area (Å²) in [6, 6.07) is 14.5. The first-order chi connectivity index (χ1) is 11.9. The van der Waals surface area contributed by atoms with E-state index in [9.17, 15) is 0 Å². The summed E-state index contributed by atoms with van der Waals surface area (Å²) in [5, 5.41) is 6.79. The Hall–Kier alpha value is -2.88. The summed E-state index contributed by atoms with van der Waals surface area (Å²) in [6.45, 7) is 10.3. The molecule has 1 aromatic heterocycles. The van der Waals surface area contributed by atoms with Crippen molar-refractivity contribution < 1.29 is 0 Å². The van der Waals surface area contributed by atoms with Crippen molar-refractivity contribution in [2.75, 3.05) is 10.6 Å². The SMILES string of the molecule is Cc1ccc(Nc2nc(C)c(C)c(Nc3ccccc3C)n2)c(C)c1. The van der Waals surface area contributed by atoms with Gasteiger partial charge in [0.05, 0.1) is 0 Å². The highest BCUT2D eigenvalue weighted by atomic mass is 15.1. The lowest BCUT2D eigenvalue weighted by atomic mass is 10.1. The second kappa shape index (κ2) is 6.93. The molecule has 0 fully saturated rings. The molecular formula is C21H24N4. The lowest BCUT2D eigenvalue weighted by Gasteiger charge is -2.15. The molecule has 0 amide bonds. The van der Waals surface area contributed by atoms with E-state index in [1.54, 1.807) is 0 Å². The molecule has 4 heteroatoms. The average molecular weight is 332 g/mol. The van der Waals surface area contributed by atoms with Crippen LogP contribution in [0.25, 0.3) is 0 Å².